The molecule has 0 atom stereocenters. The van der Waals surface area contributed by atoms with Crippen molar-refractivity contribution >= 4 is 5.91 Å². The van der Waals surface area contributed by atoms with Gasteiger partial charge < -0.3 is 14.5 Å². The second kappa shape index (κ2) is 7.37. The van der Waals surface area contributed by atoms with Crippen molar-refractivity contribution in [3.63, 3.8) is 0 Å². The molecule has 1 aliphatic rings. The van der Waals surface area contributed by atoms with Gasteiger partial charge in [-0.2, -0.15) is 0 Å². The predicted octanol–water partition coefficient (Wildman–Crippen LogP) is 2.49. The minimum absolute atomic E-state index is 0.140. The van der Waals surface area contributed by atoms with Crippen LogP contribution in [0, 0.1) is 6.92 Å². The van der Waals surface area contributed by atoms with Crippen molar-refractivity contribution < 1.29 is 13.9 Å². The molecular weight excluding hydrogens is 318 g/mol. The van der Waals surface area contributed by atoms with E-state index >= 15 is 0 Å². The maximum atomic E-state index is 12.6. The van der Waals surface area contributed by atoms with E-state index in [9.17, 15) is 4.79 Å². The van der Waals surface area contributed by atoms with Gasteiger partial charge in [0.25, 0.3) is 5.91 Å². The van der Waals surface area contributed by atoms with Crippen LogP contribution < -0.4 is 5.32 Å². The predicted molar refractivity (Wildman–Crippen MR) is 95.5 cm³/mol. The molecule has 0 radical (unpaired) electrons. The minimum atomic E-state index is -0.204. The van der Waals surface area contributed by atoms with Crippen LogP contribution in [-0.4, -0.2) is 54.2 Å². The molecule has 6 heteroatoms. The molecule has 1 N–H and O–H groups in total. The molecule has 25 heavy (non-hydrogen) atoms. The lowest BCUT2D eigenvalue weighted by molar-refractivity contribution is -0.00924. The van der Waals surface area contributed by atoms with Gasteiger partial charge in [-0.3, -0.25) is 9.69 Å². The van der Waals surface area contributed by atoms with Gasteiger partial charge >= 0.3 is 0 Å². The van der Waals surface area contributed by atoms with E-state index in [0.717, 1.165) is 31.9 Å². The first-order valence-corrected chi connectivity index (χ1v) is 8.61. The van der Waals surface area contributed by atoms with E-state index in [1.54, 1.807) is 6.92 Å². The first-order valence-electron chi connectivity index (χ1n) is 8.61. The SMILES string of the molecule is Cc1oc(-c2ccccc2)nc1C(=O)NCC(C)(C)N1CCOCC1. The van der Waals surface area contributed by atoms with Crippen LogP contribution in [0.25, 0.3) is 11.5 Å². The van der Waals surface area contributed by atoms with Gasteiger partial charge in [-0.15, -0.1) is 0 Å². The van der Waals surface area contributed by atoms with Gasteiger partial charge in [0.05, 0.1) is 13.2 Å². The van der Waals surface area contributed by atoms with Crippen LogP contribution in [0.1, 0.15) is 30.1 Å². The van der Waals surface area contributed by atoms with E-state index in [2.05, 4.69) is 29.0 Å². The largest absolute Gasteiger partial charge is 0.441 e. The van der Waals surface area contributed by atoms with Crippen LogP contribution in [0.5, 0.6) is 0 Å². The van der Waals surface area contributed by atoms with Crippen molar-refractivity contribution in [1.82, 2.24) is 15.2 Å². The number of aromatic nitrogens is 1. The Balaban J connectivity index is 1.66. The second-order valence-electron chi connectivity index (χ2n) is 6.88. The number of amides is 1. The van der Waals surface area contributed by atoms with Crippen LogP contribution in [0.15, 0.2) is 34.7 Å². The highest BCUT2D eigenvalue weighted by atomic mass is 16.5. The third-order valence-corrected chi connectivity index (χ3v) is 4.58. The van der Waals surface area contributed by atoms with E-state index in [1.807, 2.05) is 30.3 Å². The Hall–Kier alpha value is -2.18. The fourth-order valence-corrected chi connectivity index (χ4v) is 2.97. The standard InChI is InChI=1S/C19H25N3O3/c1-14-16(21-18(25-14)15-7-5-4-6-8-15)17(23)20-13-19(2,3)22-9-11-24-12-10-22/h4-8H,9-13H2,1-3H3,(H,20,23). The highest BCUT2D eigenvalue weighted by Gasteiger charge is 2.29. The first kappa shape index (κ1) is 17.6. The normalized spacial score (nSPS) is 16.0. The van der Waals surface area contributed by atoms with E-state index in [-0.39, 0.29) is 11.4 Å². The van der Waals surface area contributed by atoms with Crippen LogP contribution >= 0.6 is 0 Å². The molecule has 1 amide bonds. The number of nitrogens with zero attached hydrogens (tertiary/aromatic N) is 2. The van der Waals surface area contributed by atoms with E-state index in [0.29, 0.717) is 23.9 Å². The van der Waals surface area contributed by atoms with E-state index < -0.39 is 0 Å². The average molecular weight is 343 g/mol. The summed E-state index contributed by atoms with van der Waals surface area (Å²) in [6.45, 7) is 9.79. The topological polar surface area (TPSA) is 67.6 Å². The molecule has 1 aliphatic heterocycles. The molecule has 2 aromatic rings. The van der Waals surface area contributed by atoms with Gasteiger partial charge in [0.15, 0.2) is 5.69 Å². The maximum Gasteiger partial charge on any atom is 0.273 e. The molecule has 0 aliphatic carbocycles. The summed E-state index contributed by atoms with van der Waals surface area (Å²) in [7, 11) is 0. The third kappa shape index (κ3) is 4.08. The quantitative estimate of drug-likeness (QED) is 0.903. The smallest absolute Gasteiger partial charge is 0.273 e. The number of ether oxygens (including phenoxy) is 1. The van der Waals surface area contributed by atoms with Crippen LogP contribution in [0.2, 0.25) is 0 Å². The van der Waals surface area contributed by atoms with Crippen LogP contribution in [0.4, 0.5) is 0 Å². The summed E-state index contributed by atoms with van der Waals surface area (Å²) in [5.41, 5.74) is 1.06. The van der Waals surface area contributed by atoms with Crippen LogP contribution in [-0.2, 0) is 4.74 Å². The van der Waals surface area contributed by atoms with Crippen molar-refractivity contribution in [1.29, 1.82) is 0 Å². The zero-order chi connectivity index (χ0) is 17.9. The molecule has 1 aromatic carbocycles. The zero-order valence-electron chi connectivity index (χ0n) is 15.0. The Kier molecular flexibility index (Phi) is 5.20. The van der Waals surface area contributed by atoms with Crippen molar-refractivity contribution in [2.24, 2.45) is 0 Å². The lowest BCUT2D eigenvalue weighted by Crippen LogP contribution is -2.55. The number of aryl methyl sites for hydroxylation is 1. The van der Waals surface area contributed by atoms with Gasteiger partial charge in [-0.05, 0) is 32.9 Å². The third-order valence-electron chi connectivity index (χ3n) is 4.58. The van der Waals surface area contributed by atoms with Gasteiger partial charge in [0.1, 0.15) is 5.76 Å². The number of hydrogen-bond acceptors (Lipinski definition) is 5. The molecule has 0 unspecified atom stereocenters. The fourth-order valence-electron chi connectivity index (χ4n) is 2.97. The summed E-state index contributed by atoms with van der Waals surface area (Å²) in [5, 5.41) is 3.00. The molecule has 0 saturated carbocycles. The molecule has 2 heterocycles. The van der Waals surface area contributed by atoms with E-state index in [4.69, 9.17) is 9.15 Å². The van der Waals surface area contributed by atoms with Crippen molar-refractivity contribution in [2.45, 2.75) is 26.3 Å². The van der Waals surface area contributed by atoms with Crippen LogP contribution in [0.3, 0.4) is 0 Å². The summed E-state index contributed by atoms with van der Waals surface area (Å²) in [4.78, 5) is 19.3. The number of morpholine rings is 1. The van der Waals surface area contributed by atoms with Crippen molar-refractivity contribution in [3.8, 4) is 11.5 Å². The number of nitrogens with one attached hydrogen (secondary N) is 1. The van der Waals surface area contributed by atoms with Crippen molar-refractivity contribution in [3.05, 3.63) is 41.8 Å². The first-order chi connectivity index (χ1) is 12.0. The monoisotopic (exact) mass is 343 g/mol. The Morgan fingerprint density at radius 2 is 1.92 bits per heavy atom. The second-order valence-corrected chi connectivity index (χ2v) is 6.88. The number of carbonyl (C=O) groups excluding carboxylic acids is 1. The summed E-state index contributed by atoms with van der Waals surface area (Å²) in [6, 6.07) is 9.59. The molecule has 0 spiro atoms. The van der Waals surface area contributed by atoms with Gasteiger partial charge in [0.2, 0.25) is 5.89 Å². The average Bonchev–Trinajstić information content (AvgIpc) is 3.03. The molecule has 1 saturated heterocycles. The van der Waals surface area contributed by atoms with Gasteiger partial charge in [-0.1, -0.05) is 18.2 Å². The molecule has 1 aromatic heterocycles. The molecule has 6 nitrogen and oxygen atoms in total. The maximum absolute atomic E-state index is 12.6. The fraction of sp³-hybridized carbons (Fsp3) is 0.474. The Labute approximate surface area is 148 Å². The van der Waals surface area contributed by atoms with Gasteiger partial charge in [-0.25, -0.2) is 4.98 Å². The Morgan fingerprint density at radius 1 is 1.24 bits per heavy atom. The lowest BCUT2D eigenvalue weighted by Gasteiger charge is -2.40. The highest BCUT2D eigenvalue weighted by molar-refractivity contribution is 5.93. The molecule has 134 valence electrons. The minimum Gasteiger partial charge on any atom is -0.441 e. The summed E-state index contributed by atoms with van der Waals surface area (Å²) in [5.74, 6) is 0.793. The van der Waals surface area contributed by atoms with Crippen molar-refractivity contribution in [2.75, 3.05) is 32.8 Å². The number of carbonyl (C=O) groups is 1. The zero-order valence-corrected chi connectivity index (χ0v) is 15.0. The lowest BCUT2D eigenvalue weighted by atomic mass is 10.0. The van der Waals surface area contributed by atoms with E-state index in [1.165, 1.54) is 0 Å². The summed E-state index contributed by atoms with van der Waals surface area (Å²) in [6.07, 6.45) is 0. The Bertz CT molecular complexity index is 719. The number of rotatable bonds is 5. The molecular formula is C19H25N3O3. The number of oxazole rings is 1. The molecule has 1 fully saturated rings. The highest BCUT2D eigenvalue weighted by Crippen LogP contribution is 2.21. The summed E-state index contributed by atoms with van der Waals surface area (Å²) >= 11 is 0. The molecule has 0 bridgehead atoms. The molecule has 3 rings (SSSR count). The van der Waals surface area contributed by atoms with Gasteiger partial charge in [0, 0.05) is 30.7 Å². The Morgan fingerprint density at radius 3 is 2.60 bits per heavy atom. The number of hydrogen-bond donors (Lipinski definition) is 1. The number of benzene rings is 1. The summed E-state index contributed by atoms with van der Waals surface area (Å²) < 4.78 is 11.1.